The van der Waals surface area contributed by atoms with E-state index in [1.807, 2.05) is 0 Å². The van der Waals surface area contributed by atoms with E-state index in [4.69, 9.17) is 4.74 Å². The Morgan fingerprint density at radius 2 is 2.04 bits per heavy atom. The summed E-state index contributed by atoms with van der Waals surface area (Å²) in [4.78, 5) is 2.55. The van der Waals surface area contributed by atoms with Gasteiger partial charge in [-0.2, -0.15) is 5.10 Å². The zero-order chi connectivity index (χ0) is 17.5. The highest BCUT2D eigenvalue weighted by Gasteiger charge is 2.24. The molecule has 0 saturated carbocycles. The molecule has 4 heterocycles. The van der Waals surface area contributed by atoms with Gasteiger partial charge in [0.15, 0.2) is 0 Å². The van der Waals surface area contributed by atoms with E-state index in [1.54, 1.807) is 0 Å². The van der Waals surface area contributed by atoms with E-state index in [0.29, 0.717) is 6.10 Å². The number of likely N-dealkylation sites (tertiary alicyclic amines) is 1. The van der Waals surface area contributed by atoms with Gasteiger partial charge in [-0.1, -0.05) is 6.07 Å². The standard InChI is InChI=1S/C21H26N4O/c1-23-11-9-18-20(23)4-2-6-21(18)26-17-7-12-24(13-8-17)15-16-14-22-25-10-3-5-19(16)25/h2,4,6,9,11,14,17H,3,5,7-8,10,12-13,15H2,1H3. The van der Waals surface area contributed by atoms with Crippen LogP contribution in [0, 0.1) is 0 Å². The van der Waals surface area contributed by atoms with E-state index in [2.05, 4.69) is 63.0 Å². The van der Waals surface area contributed by atoms with Crippen LogP contribution in [0.15, 0.2) is 36.7 Å². The molecular formula is C21H26N4O. The van der Waals surface area contributed by atoms with Crippen molar-refractivity contribution in [2.45, 2.75) is 44.9 Å². The molecule has 0 spiro atoms. The second kappa shape index (κ2) is 6.47. The first-order valence-corrected chi connectivity index (χ1v) is 9.74. The number of aryl methyl sites for hydroxylation is 2. The molecule has 0 atom stereocenters. The molecule has 2 aromatic heterocycles. The van der Waals surface area contributed by atoms with Crippen LogP contribution in [0.25, 0.3) is 10.9 Å². The highest BCUT2D eigenvalue weighted by Crippen LogP contribution is 2.29. The van der Waals surface area contributed by atoms with Crippen LogP contribution in [-0.2, 0) is 26.6 Å². The summed E-state index contributed by atoms with van der Waals surface area (Å²) in [6, 6.07) is 8.49. The molecule has 0 bridgehead atoms. The minimum Gasteiger partial charge on any atom is -0.490 e. The molecule has 26 heavy (non-hydrogen) atoms. The van der Waals surface area contributed by atoms with Crippen molar-refractivity contribution < 1.29 is 4.74 Å². The van der Waals surface area contributed by atoms with E-state index in [0.717, 1.165) is 44.8 Å². The Balaban J connectivity index is 1.21. The van der Waals surface area contributed by atoms with Gasteiger partial charge in [-0.3, -0.25) is 9.58 Å². The quantitative estimate of drug-likeness (QED) is 0.724. The van der Waals surface area contributed by atoms with Crippen LogP contribution in [0.2, 0.25) is 0 Å². The van der Waals surface area contributed by atoms with E-state index in [-0.39, 0.29) is 0 Å². The molecule has 0 radical (unpaired) electrons. The maximum absolute atomic E-state index is 6.38. The topological polar surface area (TPSA) is 35.2 Å². The first-order chi connectivity index (χ1) is 12.8. The van der Waals surface area contributed by atoms with Crippen molar-refractivity contribution in [2.75, 3.05) is 13.1 Å². The number of hydrogen-bond acceptors (Lipinski definition) is 3. The average molecular weight is 350 g/mol. The summed E-state index contributed by atoms with van der Waals surface area (Å²) in [6.07, 6.45) is 9.11. The number of nitrogens with zero attached hydrogens (tertiary/aromatic N) is 4. The molecule has 2 aliphatic heterocycles. The third kappa shape index (κ3) is 2.80. The van der Waals surface area contributed by atoms with E-state index < -0.39 is 0 Å². The molecule has 136 valence electrons. The average Bonchev–Trinajstić information content (AvgIpc) is 3.36. The summed E-state index contributed by atoms with van der Waals surface area (Å²) >= 11 is 0. The first kappa shape index (κ1) is 15.9. The molecular weight excluding hydrogens is 324 g/mol. The molecule has 0 aliphatic carbocycles. The minimum absolute atomic E-state index is 0.315. The number of ether oxygens (including phenoxy) is 1. The second-order valence-electron chi connectivity index (χ2n) is 7.65. The fourth-order valence-electron chi connectivity index (χ4n) is 4.44. The van der Waals surface area contributed by atoms with Gasteiger partial charge in [0.1, 0.15) is 11.9 Å². The van der Waals surface area contributed by atoms with Crippen LogP contribution in [0.3, 0.4) is 0 Å². The zero-order valence-corrected chi connectivity index (χ0v) is 15.4. The van der Waals surface area contributed by atoms with Crippen molar-refractivity contribution in [1.29, 1.82) is 0 Å². The molecule has 0 unspecified atom stereocenters. The Morgan fingerprint density at radius 1 is 1.15 bits per heavy atom. The van der Waals surface area contributed by atoms with Crippen molar-refractivity contribution in [2.24, 2.45) is 7.05 Å². The van der Waals surface area contributed by atoms with Gasteiger partial charge in [-0.05, 0) is 43.9 Å². The molecule has 1 saturated heterocycles. The van der Waals surface area contributed by atoms with Gasteiger partial charge in [0, 0.05) is 56.1 Å². The van der Waals surface area contributed by atoms with Crippen LogP contribution in [0.5, 0.6) is 5.75 Å². The maximum atomic E-state index is 6.38. The van der Waals surface area contributed by atoms with Crippen molar-refractivity contribution >= 4 is 10.9 Å². The van der Waals surface area contributed by atoms with Gasteiger partial charge in [-0.15, -0.1) is 0 Å². The smallest absolute Gasteiger partial charge is 0.129 e. The van der Waals surface area contributed by atoms with Crippen LogP contribution < -0.4 is 4.74 Å². The predicted octanol–water partition coefficient (Wildman–Crippen LogP) is 3.36. The number of fused-ring (bicyclic) bond motifs is 2. The van der Waals surface area contributed by atoms with Crippen molar-refractivity contribution in [3.05, 3.63) is 47.9 Å². The predicted molar refractivity (Wildman–Crippen MR) is 102 cm³/mol. The van der Waals surface area contributed by atoms with Gasteiger partial charge >= 0.3 is 0 Å². The van der Waals surface area contributed by atoms with Crippen molar-refractivity contribution in [1.82, 2.24) is 19.2 Å². The Bertz CT molecular complexity index is 917. The Morgan fingerprint density at radius 3 is 2.92 bits per heavy atom. The van der Waals surface area contributed by atoms with Gasteiger partial charge in [0.05, 0.1) is 11.7 Å². The molecule has 5 heteroatoms. The van der Waals surface area contributed by atoms with Gasteiger partial charge in [0.2, 0.25) is 0 Å². The monoisotopic (exact) mass is 350 g/mol. The summed E-state index contributed by atoms with van der Waals surface area (Å²) in [5.41, 5.74) is 4.12. The van der Waals surface area contributed by atoms with Crippen LogP contribution in [-0.4, -0.2) is 38.4 Å². The molecule has 5 nitrogen and oxygen atoms in total. The zero-order valence-electron chi connectivity index (χ0n) is 15.4. The second-order valence-corrected chi connectivity index (χ2v) is 7.65. The molecule has 0 amide bonds. The number of benzene rings is 1. The normalized spacial score (nSPS) is 18.5. The van der Waals surface area contributed by atoms with E-state index in [9.17, 15) is 0 Å². The summed E-state index contributed by atoms with van der Waals surface area (Å²) in [6.45, 7) is 4.33. The summed E-state index contributed by atoms with van der Waals surface area (Å²) in [5, 5.41) is 5.74. The lowest BCUT2D eigenvalue weighted by molar-refractivity contribution is 0.0978. The molecule has 0 N–H and O–H groups in total. The Hall–Kier alpha value is -2.27. The minimum atomic E-state index is 0.315. The molecule has 1 aromatic carbocycles. The van der Waals surface area contributed by atoms with Crippen LogP contribution in [0.1, 0.15) is 30.5 Å². The lowest BCUT2D eigenvalue weighted by Gasteiger charge is -2.32. The summed E-state index contributed by atoms with van der Waals surface area (Å²) in [7, 11) is 2.08. The highest BCUT2D eigenvalue weighted by atomic mass is 16.5. The highest BCUT2D eigenvalue weighted by molar-refractivity contribution is 5.86. The third-order valence-corrected chi connectivity index (χ3v) is 5.93. The largest absolute Gasteiger partial charge is 0.490 e. The van der Waals surface area contributed by atoms with Crippen molar-refractivity contribution in [3.63, 3.8) is 0 Å². The van der Waals surface area contributed by atoms with E-state index in [1.165, 1.54) is 35.0 Å². The lowest BCUT2D eigenvalue weighted by Crippen LogP contribution is -2.37. The van der Waals surface area contributed by atoms with Crippen molar-refractivity contribution in [3.8, 4) is 5.75 Å². The summed E-state index contributed by atoms with van der Waals surface area (Å²) < 4.78 is 10.7. The Kier molecular flexibility index (Phi) is 3.97. The first-order valence-electron chi connectivity index (χ1n) is 9.74. The lowest BCUT2D eigenvalue weighted by atomic mass is 10.1. The molecule has 5 rings (SSSR count). The van der Waals surface area contributed by atoms with Gasteiger partial charge in [0.25, 0.3) is 0 Å². The number of rotatable bonds is 4. The molecule has 3 aromatic rings. The molecule has 1 fully saturated rings. The SMILES string of the molecule is Cn1ccc2c(OC3CCN(Cc4cnn5c4CCC5)CC3)cccc21. The molecule has 2 aliphatic rings. The fraction of sp³-hybridized carbons (Fsp3) is 0.476. The van der Waals surface area contributed by atoms with Gasteiger partial charge in [-0.25, -0.2) is 0 Å². The van der Waals surface area contributed by atoms with Gasteiger partial charge < -0.3 is 9.30 Å². The maximum Gasteiger partial charge on any atom is 0.129 e. The van der Waals surface area contributed by atoms with Crippen LogP contribution in [0.4, 0.5) is 0 Å². The summed E-state index contributed by atoms with van der Waals surface area (Å²) in [5.74, 6) is 1.02. The van der Waals surface area contributed by atoms with E-state index >= 15 is 0 Å². The third-order valence-electron chi connectivity index (χ3n) is 5.93. The number of piperidine rings is 1. The number of hydrogen-bond donors (Lipinski definition) is 0. The fourth-order valence-corrected chi connectivity index (χ4v) is 4.44. The Labute approximate surface area is 154 Å². The van der Waals surface area contributed by atoms with Crippen LogP contribution >= 0.6 is 0 Å². The number of aromatic nitrogens is 3.